The second-order valence-electron chi connectivity index (χ2n) is 3.40. The van der Waals surface area contributed by atoms with Gasteiger partial charge in [0.15, 0.2) is 34.1 Å². The Labute approximate surface area is 99.2 Å². The van der Waals surface area contributed by atoms with Crippen LogP contribution in [0.3, 0.4) is 0 Å². The third-order valence-electron chi connectivity index (χ3n) is 2.41. The molecule has 0 N–H and O–H groups in total. The van der Waals surface area contributed by atoms with E-state index in [9.17, 15) is 30.7 Å². The molecule has 0 unspecified atom stereocenters. The van der Waals surface area contributed by atoms with Crippen LogP contribution in [0.15, 0.2) is 0 Å². The summed E-state index contributed by atoms with van der Waals surface area (Å²) >= 11 is 0. The van der Waals surface area contributed by atoms with Gasteiger partial charge >= 0.3 is 5.69 Å². The zero-order valence-corrected chi connectivity index (χ0v) is 8.54. The van der Waals surface area contributed by atoms with E-state index in [0.717, 1.165) is 0 Å². The van der Waals surface area contributed by atoms with Gasteiger partial charge in [0.2, 0.25) is 11.2 Å². The van der Waals surface area contributed by atoms with E-state index in [1.165, 1.54) is 0 Å². The molecule has 2 rings (SSSR count). The van der Waals surface area contributed by atoms with Gasteiger partial charge in [-0.3, -0.25) is 0 Å². The molecule has 0 saturated carbocycles. The molecular weight excluding hydrogens is 281 g/mol. The maximum Gasteiger partial charge on any atom is 0.459 e. The molecule has 0 aliphatic heterocycles. The van der Waals surface area contributed by atoms with Crippen LogP contribution in [0.1, 0.15) is 0 Å². The quantitative estimate of drug-likeness (QED) is 0.306. The number of diazo groups is 1. The van der Waals surface area contributed by atoms with Crippen molar-refractivity contribution in [1.29, 1.82) is 5.39 Å². The average Bonchev–Trinajstić information content (AvgIpc) is 2.38. The first-order valence-electron chi connectivity index (χ1n) is 4.50. The predicted octanol–water partition coefficient (Wildman–Crippen LogP) is 4.30. The molecule has 0 atom stereocenters. The van der Waals surface area contributed by atoms with E-state index in [-0.39, 0.29) is 0 Å². The van der Waals surface area contributed by atoms with E-state index >= 15 is 0 Å². The fourth-order valence-electron chi connectivity index (χ4n) is 1.56. The summed E-state index contributed by atoms with van der Waals surface area (Å²) in [4.78, 5) is 2.01. The molecule has 2 nitrogen and oxygen atoms in total. The van der Waals surface area contributed by atoms with Crippen LogP contribution >= 0.6 is 0 Å². The molecule has 19 heavy (non-hydrogen) atoms. The largest absolute Gasteiger partial charge is 0.459 e. The van der Waals surface area contributed by atoms with Crippen molar-refractivity contribution in [3.05, 3.63) is 45.7 Å². The minimum atomic E-state index is -2.42. The topological polar surface area (TPSA) is 28.1 Å². The number of halogens is 7. The lowest BCUT2D eigenvalue weighted by molar-refractivity contribution is 0.412. The molecule has 0 heterocycles. The molecule has 0 saturated heterocycles. The molecule has 0 fully saturated rings. The van der Waals surface area contributed by atoms with E-state index in [4.69, 9.17) is 5.39 Å². The van der Waals surface area contributed by atoms with Gasteiger partial charge in [-0.05, 0) is 0 Å². The number of rotatable bonds is 0. The molecule has 98 valence electrons. The summed E-state index contributed by atoms with van der Waals surface area (Å²) in [7, 11) is 0. The van der Waals surface area contributed by atoms with Gasteiger partial charge in [-0.15, -0.1) is 0 Å². The molecular formula is C10F7N2+. The normalized spacial score (nSPS) is 10.8. The van der Waals surface area contributed by atoms with Crippen molar-refractivity contribution >= 4 is 16.5 Å². The Hall–Kier alpha value is -2.37. The Balaban J connectivity index is 3.24. The molecule has 0 bridgehead atoms. The summed E-state index contributed by atoms with van der Waals surface area (Å²) in [5, 5.41) is 4.82. The number of nitrogens with zero attached hydrogens (tertiary/aromatic N) is 2. The third-order valence-corrected chi connectivity index (χ3v) is 2.41. The maximum atomic E-state index is 13.5. The lowest BCUT2D eigenvalue weighted by Crippen LogP contribution is -2.04. The second kappa shape index (κ2) is 4.08. The van der Waals surface area contributed by atoms with Gasteiger partial charge < -0.3 is 0 Å². The fraction of sp³-hybridized carbons (Fsp3) is 0. The van der Waals surface area contributed by atoms with Crippen LogP contribution in [0.2, 0.25) is 0 Å². The van der Waals surface area contributed by atoms with Crippen LogP contribution in [0.5, 0.6) is 0 Å². The summed E-state index contributed by atoms with van der Waals surface area (Å²) in [5.41, 5.74) is -1.69. The molecule has 0 aliphatic carbocycles. The Kier molecular flexibility index (Phi) is 2.81. The van der Waals surface area contributed by atoms with Gasteiger partial charge in [-0.25, -0.2) is 22.0 Å². The SMILES string of the molecule is N#[N+]c1c(F)c(F)c2c(F)c(F)c(F)c(F)c2c1F. The highest BCUT2D eigenvalue weighted by atomic mass is 19.2. The van der Waals surface area contributed by atoms with Gasteiger partial charge in [0, 0.05) is 0 Å². The highest BCUT2D eigenvalue weighted by Gasteiger charge is 2.35. The second-order valence-corrected chi connectivity index (χ2v) is 3.40. The zero-order chi connectivity index (χ0) is 14.5. The van der Waals surface area contributed by atoms with Crippen molar-refractivity contribution < 1.29 is 30.7 Å². The van der Waals surface area contributed by atoms with E-state index in [1.54, 1.807) is 0 Å². The fourth-order valence-corrected chi connectivity index (χ4v) is 1.56. The van der Waals surface area contributed by atoms with Crippen LogP contribution in [-0.4, -0.2) is 0 Å². The van der Waals surface area contributed by atoms with E-state index < -0.39 is 57.2 Å². The van der Waals surface area contributed by atoms with E-state index in [1.807, 2.05) is 4.98 Å². The number of hydrogen-bond donors (Lipinski definition) is 0. The summed E-state index contributed by atoms with van der Waals surface area (Å²) in [5.74, 6) is -15.8. The van der Waals surface area contributed by atoms with Crippen molar-refractivity contribution in [3.63, 3.8) is 0 Å². The summed E-state index contributed by atoms with van der Waals surface area (Å²) in [6.45, 7) is 0. The molecule has 9 heteroatoms. The molecule has 0 spiro atoms. The van der Waals surface area contributed by atoms with Crippen LogP contribution in [0, 0.1) is 46.1 Å². The van der Waals surface area contributed by atoms with Gasteiger partial charge in [-0.1, -0.05) is 0 Å². The van der Waals surface area contributed by atoms with Crippen LogP contribution in [0.25, 0.3) is 15.7 Å². The smallest absolute Gasteiger partial charge is 0.203 e. The van der Waals surface area contributed by atoms with Gasteiger partial charge in [-0.2, -0.15) is 8.78 Å². The molecule has 0 amide bonds. The van der Waals surface area contributed by atoms with Crippen molar-refractivity contribution in [2.75, 3.05) is 0 Å². The lowest BCUT2D eigenvalue weighted by Gasteiger charge is -2.05. The predicted molar refractivity (Wildman–Crippen MR) is 48.4 cm³/mol. The standard InChI is InChI=1S/C10F7N2/c11-3-1-2(4(12)8(16)7(3)15)6(14)10(19-18)9(17)5(1)13/q+1. The summed E-state index contributed by atoms with van der Waals surface area (Å²) in [6, 6.07) is 0. The number of benzene rings is 2. The van der Waals surface area contributed by atoms with E-state index in [0.29, 0.717) is 0 Å². The van der Waals surface area contributed by atoms with Gasteiger partial charge in [0.25, 0.3) is 5.82 Å². The summed E-state index contributed by atoms with van der Waals surface area (Å²) in [6.07, 6.45) is 0. The molecule has 2 aromatic carbocycles. The lowest BCUT2D eigenvalue weighted by atomic mass is 10.1. The van der Waals surface area contributed by atoms with Crippen molar-refractivity contribution in [2.24, 2.45) is 0 Å². The van der Waals surface area contributed by atoms with Crippen molar-refractivity contribution in [1.82, 2.24) is 0 Å². The highest BCUT2D eigenvalue weighted by molar-refractivity contribution is 5.89. The first-order valence-corrected chi connectivity index (χ1v) is 4.50. The Bertz CT molecular complexity index is 764. The minimum Gasteiger partial charge on any atom is -0.203 e. The average molecular weight is 281 g/mol. The van der Waals surface area contributed by atoms with Crippen molar-refractivity contribution in [2.45, 2.75) is 0 Å². The first kappa shape index (κ1) is 13.1. The van der Waals surface area contributed by atoms with Crippen LogP contribution < -0.4 is 0 Å². The molecule has 2 aromatic rings. The maximum absolute atomic E-state index is 13.5. The number of fused-ring (bicyclic) bond motifs is 1. The van der Waals surface area contributed by atoms with Gasteiger partial charge in [0.1, 0.15) is 0 Å². The molecule has 0 radical (unpaired) electrons. The molecule has 0 aliphatic rings. The third kappa shape index (κ3) is 1.53. The Morgan fingerprint density at radius 1 is 0.526 bits per heavy atom. The molecule has 0 aromatic heterocycles. The monoisotopic (exact) mass is 281 g/mol. The summed E-state index contributed by atoms with van der Waals surface area (Å²) < 4.78 is 92.4. The highest BCUT2D eigenvalue weighted by Crippen LogP contribution is 2.37. The first-order chi connectivity index (χ1) is 8.82. The van der Waals surface area contributed by atoms with E-state index in [2.05, 4.69) is 0 Å². The Morgan fingerprint density at radius 2 is 0.895 bits per heavy atom. The van der Waals surface area contributed by atoms with Crippen LogP contribution in [0.4, 0.5) is 36.4 Å². The minimum absolute atomic E-state index is 1.69. The van der Waals surface area contributed by atoms with Crippen LogP contribution in [-0.2, 0) is 0 Å². The Morgan fingerprint density at radius 3 is 1.32 bits per heavy atom. The van der Waals surface area contributed by atoms with Crippen molar-refractivity contribution in [3.8, 4) is 0 Å². The number of hydrogen-bond acceptors (Lipinski definition) is 1. The van der Waals surface area contributed by atoms with Gasteiger partial charge in [0.05, 0.1) is 10.8 Å². The zero-order valence-electron chi connectivity index (χ0n) is 8.54.